The van der Waals surface area contributed by atoms with Crippen molar-refractivity contribution in [1.82, 2.24) is 4.90 Å². The van der Waals surface area contributed by atoms with Crippen LogP contribution in [0.5, 0.6) is 0 Å². The van der Waals surface area contributed by atoms with Crippen molar-refractivity contribution in [2.45, 2.75) is 45.0 Å². The van der Waals surface area contributed by atoms with Crippen LogP contribution in [0, 0.1) is 0 Å². The molecule has 0 bridgehead atoms. The second kappa shape index (κ2) is 6.93. The lowest BCUT2D eigenvalue weighted by Gasteiger charge is -2.21. The number of carbonyl (C=O) groups is 1. The monoisotopic (exact) mass is 244 g/mol. The molecule has 0 spiro atoms. The van der Waals surface area contributed by atoms with Gasteiger partial charge in [0.05, 0.1) is 18.8 Å². The standard InChI is InChI=1S/C12H24N2O3/c1-9(2)16-7-6-14(3)12(15)11-5-4-10(8-13)17-11/h9-11H,4-8,13H2,1-3H3. The van der Waals surface area contributed by atoms with Crippen LogP contribution in [0.2, 0.25) is 0 Å². The third kappa shape index (κ3) is 4.61. The van der Waals surface area contributed by atoms with Gasteiger partial charge in [0.1, 0.15) is 6.10 Å². The summed E-state index contributed by atoms with van der Waals surface area (Å²) in [6.07, 6.45) is 1.58. The van der Waals surface area contributed by atoms with Crippen LogP contribution in [0.25, 0.3) is 0 Å². The highest BCUT2D eigenvalue weighted by atomic mass is 16.5. The molecule has 17 heavy (non-hydrogen) atoms. The number of likely N-dealkylation sites (N-methyl/N-ethyl adjacent to an activating group) is 1. The van der Waals surface area contributed by atoms with Crippen molar-refractivity contribution in [3.05, 3.63) is 0 Å². The van der Waals surface area contributed by atoms with Gasteiger partial charge in [0.2, 0.25) is 0 Å². The van der Waals surface area contributed by atoms with Crippen LogP contribution in [-0.4, -0.2) is 55.9 Å². The van der Waals surface area contributed by atoms with Crippen molar-refractivity contribution >= 4 is 5.91 Å². The lowest BCUT2D eigenvalue weighted by atomic mass is 10.2. The number of hydrogen-bond donors (Lipinski definition) is 1. The van der Waals surface area contributed by atoms with Gasteiger partial charge in [0.25, 0.3) is 5.91 Å². The largest absolute Gasteiger partial charge is 0.377 e. The fraction of sp³-hybridized carbons (Fsp3) is 0.917. The molecule has 5 nitrogen and oxygen atoms in total. The SMILES string of the molecule is CC(C)OCCN(C)C(=O)C1CCC(CN)O1. The van der Waals surface area contributed by atoms with E-state index in [-0.39, 0.29) is 24.2 Å². The molecule has 1 rings (SSSR count). The summed E-state index contributed by atoms with van der Waals surface area (Å²) in [6.45, 7) is 5.61. The molecule has 1 amide bonds. The first-order chi connectivity index (χ1) is 8.04. The maximum atomic E-state index is 12.0. The van der Waals surface area contributed by atoms with Gasteiger partial charge in [0, 0.05) is 20.1 Å². The predicted molar refractivity (Wildman–Crippen MR) is 65.7 cm³/mol. The number of ether oxygens (including phenoxy) is 2. The summed E-state index contributed by atoms with van der Waals surface area (Å²) in [4.78, 5) is 13.7. The lowest BCUT2D eigenvalue weighted by molar-refractivity contribution is -0.142. The van der Waals surface area contributed by atoms with Crippen LogP contribution < -0.4 is 5.73 Å². The first kappa shape index (κ1) is 14.4. The van der Waals surface area contributed by atoms with Crippen molar-refractivity contribution in [2.24, 2.45) is 5.73 Å². The number of amides is 1. The molecule has 100 valence electrons. The molecule has 1 saturated heterocycles. The Kier molecular flexibility index (Phi) is 5.88. The average molecular weight is 244 g/mol. The first-order valence-corrected chi connectivity index (χ1v) is 6.26. The van der Waals surface area contributed by atoms with Crippen LogP contribution >= 0.6 is 0 Å². The zero-order valence-electron chi connectivity index (χ0n) is 11.0. The van der Waals surface area contributed by atoms with E-state index in [0.717, 1.165) is 12.8 Å². The summed E-state index contributed by atoms with van der Waals surface area (Å²) in [5.41, 5.74) is 5.52. The van der Waals surface area contributed by atoms with Gasteiger partial charge in [-0.05, 0) is 26.7 Å². The Balaban J connectivity index is 2.27. The van der Waals surface area contributed by atoms with E-state index in [1.54, 1.807) is 11.9 Å². The van der Waals surface area contributed by atoms with Crippen molar-refractivity contribution in [2.75, 3.05) is 26.7 Å². The summed E-state index contributed by atoms with van der Waals surface area (Å²) in [7, 11) is 1.78. The molecule has 0 aromatic heterocycles. The summed E-state index contributed by atoms with van der Waals surface area (Å²) in [5.74, 6) is 0.0355. The van der Waals surface area contributed by atoms with E-state index in [9.17, 15) is 4.79 Å². The molecule has 1 fully saturated rings. The maximum absolute atomic E-state index is 12.0. The number of hydrogen-bond acceptors (Lipinski definition) is 4. The van der Waals surface area contributed by atoms with E-state index in [4.69, 9.17) is 15.2 Å². The third-order valence-electron chi connectivity index (χ3n) is 2.90. The summed E-state index contributed by atoms with van der Waals surface area (Å²) < 4.78 is 11.0. The van der Waals surface area contributed by atoms with Gasteiger partial charge >= 0.3 is 0 Å². The molecule has 0 radical (unpaired) electrons. The first-order valence-electron chi connectivity index (χ1n) is 6.26. The molecule has 0 saturated carbocycles. The summed E-state index contributed by atoms with van der Waals surface area (Å²) in [6, 6.07) is 0. The van der Waals surface area contributed by atoms with Gasteiger partial charge in [-0.25, -0.2) is 0 Å². The van der Waals surface area contributed by atoms with E-state index < -0.39 is 0 Å². The second-order valence-electron chi connectivity index (χ2n) is 4.74. The minimum atomic E-state index is -0.312. The Morgan fingerprint density at radius 1 is 1.53 bits per heavy atom. The fourth-order valence-corrected chi connectivity index (χ4v) is 1.84. The number of carbonyl (C=O) groups excluding carboxylic acids is 1. The predicted octanol–water partition coefficient (Wildman–Crippen LogP) is 0.376. The van der Waals surface area contributed by atoms with Gasteiger partial charge in [-0.2, -0.15) is 0 Å². The quantitative estimate of drug-likeness (QED) is 0.733. The number of nitrogens with zero attached hydrogens (tertiary/aromatic N) is 1. The number of rotatable bonds is 6. The molecular weight excluding hydrogens is 220 g/mol. The average Bonchev–Trinajstić information content (AvgIpc) is 2.75. The highest BCUT2D eigenvalue weighted by Crippen LogP contribution is 2.20. The molecule has 1 aliphatic heterocycles. The van der Waals surface area contributed by atoms with E-state index in [2.05, 4.69) is 0 Å². The molecule has 0 aromatic rings. The van der Waals surface area contributed by atoms with Crippen LogP contribution in [-0.2, 0) is 14.3 Å². The molecule has 2 atom stereocenters. The highest BCUT2D eigenvalue weighted by Gasteiger charge is 2.31. The van der Waals surface area contributed by atoms with Gasteiger partial charge in [-0.1, -0.05) is 0 Å². The van der Waals surface area contributed by atoms with Gasteiger partial charge in [-0.15, -0.1) is 0 Å². The van der Waals surface area contributed by atoms with Gasteiger partial charge < -0.3 is 20.1 Å². The molecule has 0 aliphatic carbocycles. The Bertz CT molecular complexity index is 246. The normalized spacial score (nSPS) is 24.3. The molecule has 2 N–H and O–H groups in total. The van der Waals surface area contributed by atoms with E-state index in [1.165, 1.54) is 0 Å². The van der Waals surface area contributed by atoms with E-state index >= 15 is 0 Å². The second-order valence-corrected chi connectivity index (χ2v) is 4.74. The van der Waals surface area contributed by atoms with Crippen molar-refractivity contribution in [3.63, 3.8) is 0 Å². The van der Waals surface area contributed by atoms with Crippen molar-refractivity contribution in [3.8, 4) is 0 Å². The molecule has 1 heterocycles. The highest BCUT2D eigenvalue weighted by molar-refractivity contribution is 5.80. The Labute approximate surface area is 103 Å². The van der Waals surface area contributed by atoms with E-state index in [0.29, 0.717) is 19.7 Å². The Morgan fingerprint density at radius 2 is 2.24 bits per heavy atom. The smallest absolute Gasteiger partial charge is 0.251 e. The molecule has 1 aliphatic rings. The third-order valence-corrected chi connectivity index (χ3v) is 2.90. The lowest BCUT2D eigenvalue weighted by Crippen LogP contribution is -2.39. The van der Waals surface area contributed by atoms with Crippen molar-refractivity contribution < 1.29 is 14.3 Å². The minimum Gasteiger partial charge on any atom is -0.377 e. The van der Waals surface area contributed by atoms with Crippen LogP contribution in [0.1, 0.15) is 26.7 Å². The maximum Gasteiger partial charge on any atom is 0.251 e. The zero-order chi connectivity index (χ0) is 12.8. The van der Waals surface area contributed by atoms with Crippen LogP contribution in [0.4, 0.5) is 0 Å². The molecule has 5 heteroatoms. The van der Waals surface area contributed by atoms with Crippen molar-refractivity contribution in [1.29, 1.82) is 0 Å². The zero-order valence-corrected chi connectivity index (χ0v) is 11.0. The number of nitrogens with two attached hydrogens (primary N) is 1. The van der Waals surface area contributed by atoms with Crippen LogP contribution in [0.3, 0.4) is 0 Å². The molecule has 0 aromatic carbocycles. The molecule has 2 unspecified atom stereocenters. The summed E-state index contributed by atoms with van der Waals surface area (Å²) >= 11 is 0. The van der Waals surface area contributed by atoms with Crippen LogP contribution in [0.15, 0.2) is 0 Å². The fourth-order valence-electron chi connectivity index (χ4n) is 1.84. The Morgan fingerprint density at radius 3 is 2.76 bits per heavy atom. The minimum absolute atomic E-state index is 0.0355. The van der Waals surface area contributed by atoms with E-state index in [1.807, 2.05) is 13.8 Å². The topological polar surface area (TPSA) is 64.8 Å². The Hall–Kier alpha value is -0.650. The molecular formula is C12H24N2O3. The van der Waals surface area contributed by atoms with Gasteiger partial charge in [-0.3, -0.25) is 4.79 Å². The van der Waals surface area contributed by atoms with Gasteiger partial charge in [0.15, 0.2) is 0 Å². The summed E-state index contributed by atoms with van der Waals surface area (Å²) in [5, 5.41) is 0.